The van der Waals surface area contributed by atoms with E-state index in [9.17, 15) is 14.4 Å². The highest BCUT2D eigenvalue weighted by Gasteiger charge is 2.43. The fourth-order valence-electron chi connectivity index (χ4n) is 4.36. The van der Waals surface area contributed by atoms with E-state index in [4.69, 9.17) is 4.74 Å². The number of aromatic nitrogens is 1. The van der Waals surface area contributed by atoms with Crippen molar-refractivity contribution in [3.63, 3.8) is 0 Å². The Labute approximate surface area is 184 Å². The lowest BCUT2D eigenvalue weighted by molar-refractivity contribution is -0.145. The van der Waals surface area contributed by atoms with Crippen LogP contribution < -0.4 is 0 Å². The van der Waals surface area contributed by atoms with E-state index in [1.807, 2.05) is 54.6 Å². The summed E-state index contributed by atoms with van der Waals surface area (Å²) >= 11 is 0. The van der Waals surface area contributed by atoms with Crippen LogP contribution in [0.25, 0.3) is 22.2 Å². The first-order valence-corrected chi connectivity index (χ1v) is 10.3. The quantitative estimate of drug-likeness (QED) is 0.384. The first-order chi connectivity index (χ1) is 15.6. The van der Waals surface area contributed by atoms with Crippen molar-refractivity contribution in [2.24, 2.45) is 0 Å². The Bertz CT molecular complexity index is 1320. The second-order valence-electron chi connectivity index (χ2n) is 7.66. The van der Waals surface area contributed by atoms with Gasteiger partial charge in [0.1, 0.15) is 6.04 Å². The molecule has 6 heteroatoms. The van der Waals surface area contributed by atoms with Gasteiger partial charge in [-0.3, -0.25) is 14.5 Å². The molecule has 1 N–H and O–H groups in total. The maximum absolute atomic E-state index is 13.1. The van der Waals surface area contributed by atoms with Gasteiger partial charge < -0.3 is 9.72 Å². The molecular weight excluding hydrogens is 404 g/mol. The highest BCUT2D eigenvalue weighted by molar-refractivity contribution is 6.22. The summed E-state index contributed by atoms with van der Waals surface area (Å²) in [6, 6.07) is 23.0. The van der Waals surface area contributed by atoms with Crippen LogP contribution in [0.2, 0.25) is 0 Å². The minimum Gasteiger partial charge on any atom is -0.467 e. The predicted molar refractivity (Wildman–Crippen MR) is 120 cm³/mol. The zero-order chi connectivity index (χ0) is 22.2. The van der Waals surface area contributed by atoms with Gasteiger partial charge in [-0.15, -0.1) is 0 Å². The van der Waals surface area contributed by atoms with Crippen LogP contribution in [0, 0.1) is 0 Å². The molecule has 5 rings (SSSR count). The maximum Gasteiger partial charge on any atom is 0.329 e. The average molecular weight is 424 g/mol. The van der Waals surface area contributed by atoms with Crippen LogP contribution in [0.1, 0.15) is 26.3 Å². The number of carbonyl (C=O) groups excluding carboxylic acids is 3. The predicted octanol–water partition coefficient (Wildman–Crippen LogP) is 4.22. The lowest BCUT2D eigenvalue weighted by atomic mass is 9.98. The molecule has 0 unspecified atom stereocenters. The standard InChI is InChI=1S/C26H20N2O4/c1-32-26(31)22(28-24(29)18-12-5-6-13-19(18)25(28)30)15-20-17-11-7-8-14-21(17)27-23(20)16-9-3-2-4-10-16/h2-14,22,27H,15H2,1H3/t22-/m0/s1. The molecule has 1 aliphatic heterocycles. The number of hydrogen-bond acceptors (Lipinski definition) is 4. The molecule has 1 aliphatic rings. The number of amides is 2. The van der Waals surface area contributed by atoms with E-state index >= 15 is 0 Å². The lowest BCUT2D eigenvalue weighted by Crippen LogP contribution is -2.46. The van der Waals surface area contributed by atoms with Gasteiger partial charge in [-0.05, 0) is 29.3 Å². The molecule has 3 aromatic carbocycles. The van der Waals surface area contributed by atoms with E-state index < -0.39 is 23.8 Å². The highest BCUT2D eigenvalue weighted by Crippen LogP contribution is 2.34. The minimum atomic E-state index is -1.09. The smallest absolute Gasteiger partial charge is 0.329 e. The number of ether oxygens (including phenoxy) is 1. The van der Waals surface area contributed by atoms with Crippen molar-refractivity contribution in [3.05, 3.63) is 95.6 Å². The molecule has 158 valence electrons. The highest BCUT2D eigenvalue weighted by atomic mass is 16.5. The molecule has 0 saturated carbocycles. The van der Waals surface area contributed by atoms with E-state index in [-0.39, 0.29) is 6.42 Å². The number of rotatable bonds is 5. The van der Waals surface area contributed by atoms with Gasteiger partial charge in [-0.25, -0.2) is 4.79 Å². The van der Waals surface area contributed by atoms with Crippen LogP contribution >= 0.6 is 0 Å². The molecular formula is C26H20N2O4. The molecule has 4 aromatic rings. The molecule has 0 fully saturated rings. The summed E-state index contributed by atoms with van der Waals surface area (Å²) in [4.78, 5) is 43.6. The Morgan fingerprint density at radius 1 is 0.875 bits per heavy atom. The van der Waals surface area contributed by atoms with Crippen LogP contribution in [0.15, 0.2) is 78.9 Å². The summed E-state index contributed by atoms with van der Waals surface area (Å²) in [5, 5.41) is 0.928. The lowest BCUT2D eigenvalue weighted by Gasteiger charge is -2.24. The van der Waals surface area contributed by atoms with E-state index in [2.05, 4.69) is 4.98 Å². The fourth-order valence-corrected chi connectivity index (χ4v) is 4.36. The summed E-state index contributed by atoms with van der Waals surface area (Å²) in [5.74, 6) is -1.60. The Balaban J connectivity index is 1.63. The monoisotopic (exact) mass is 424 g/mol. The summed E-state index contributed by atoms with van der Waals surface area (Å²) in [6.07, 6.45) is 0.131. The molecule has 2 heterocycles. The van der Waals surface area contributed by atoms with Crippen molar-refractivity contribution in [2.45, 2.75) is 12.5 Å². The van der Waals surface area contributed by atoms with Crippen LogP contribution in [0.5, 0.6) is 0 Å². The van der Waals surface area contributed by atoms with Crippen LogP contribution in [0.4, 0.5) is 0 Å². The second kappa shape index (κ2) is 7.81. The van der Waals surface area contributed by atoms with Gasteiger partial charge in [0.25, 0.3) is 11.8 Å². The van der Waals surface area contributed by atoms with Gasteiger partial charge in [0.05, 0.1) is 18.2 Å². The number of nitrogens with zero attached hydrogens (tertiary/aromatic N) is 1. The first-order valence-electron chi connectivity index (χ1n) is 10.3. The molecule has 1 atom stereocenters. The number of nitrogens with one attached hydrogen (secondary N) is 1. The zero-order valence-corrected chi connectivity index (χ0v) is 17.4. The van der Waals surface area contributed by atoms with Crippen LogP contribution in [0.3, 0.4) is 0 Å². The Morgan fingerprint density at radius 3 is 2.12 bits per heavy atom. The fraction of sp³-hybridized carbons (Fsp3) is 0.115. The van der Waals surface area contributed by atoms with Crippen LogP contribution in [-0.2, 0) is 16.0 Å². The average Bonchev–Trinajstić information content (AvgIpc) is 3.33. The number of imide groups is 1. The summed E-state index contributed by atoms with van der Waals surface area (Å²) < 4.78 is 5.03. The van der Waals surface area contributed by atoms with Gasteiger partial charge in [0.2, 0.25) is 0 Å². The third kappa shape index (κ3) is 3.08. The maximum atomic E-state index is 13.1. The van der Waals surface area contributed by atoms with Crippen LogP contribution in [-0.4, -0.2) is 40.8 Å². The van der Waals surface area contributed by atoms with Crippen molar-refractivity contribution >= 4 is 28.7 Å². The van der Waals surface area contributed by atoms with E-state index in [0.717, 1.165) is 32.6 Å². The van der Waals surface area contributed by atoms with E-state index in [1.54, 1.807) is 24.3 Å². The number of H-pyrrole nitrogens is 1. The number of methoxy groups -OCH3 is 1. The molecule has 0 saturated heterocycles. The minimum absolute atomic E-state index is 0.131. The normalized spacial score (nSPS) is 14.0. The number of aromatic amines is 1. The largest absolute Gasteiger partial charge is 0.467 e. The molecule has 0 spiro atoms. The van der Waals surface area contributed by atoms with Crippen molar-refractivity contribution in [1.82, 2.24) is 9.88 Å². The first kappa shape index (κ1) is 19.8. The second-order valence-corrected chi connectivity index (χ2v) is 7.66. The molecule has 6 nitrogen and oxygen atoms in total. The summed E-state index contributed by atoms with van der Waals surface area (Å²) in [5.41, 5.74) is 4.15. The zero-order valence-electron chi connectivity index (χ0n) is 17.4. The number of para-hydroxylation sites is 1. The third-order valence-corrected chi connectivity index (χ3v) is 5.88. The SMILES string of the molecule is COC(=O)[C@H](Cc1c(-c2ccccc2)[nH]c2ccccc12)N1C(=O)c2ccccc2C1=O. The van der Waals surface area contributed by atoms with Gasteiger partial charge in [0.15, 0.2) is 0 Å². The Kier molecular flexibility index (Phi) is 4.82. The molecule has 1 aromatic heterocycles. The van der Waals surface area contributed by atoms with E-state index in [1.165, 1.54) is 7.11 Å². The Hall–Kier alpha value is -4.19. The number of fused-ring (bicyclic) bond motifs is 2. The van der Waals surface area contributed by atoms with Crippen molar-refractivity contribution in [3.8, 4) is 11.3 Å². The number of hydrogen-bond donors (Lipinski definition) is 1. The van der Waals surface area contributed by atoms with Crippen molar-refractivity contribution in [2.75, 3.05) is 7.11 Å². The van der Waals surface area contributed by atoms with Crippen molar-refractivity contribution in [1.29, 1.82) is 0 Å². The van der Waals surface area contributed by atoms with Gasteiger partial charge in [-0.1, -0.05) is 60.7 Å². The Morgan fingerprint density at radius 2 is 1.47 bits per heavy atom. The molecule has 0 bridgehead atoms. The van der Waals surface area contributed by atoms with Gasteiger partial charge in [-0.2, -0.15) is 0 Å². The molecule has 2 amide bonds. The number of carbonyl (C=O) groups is 3. The van der Waals surface area contributed by atoms with Gasteiger partial charge >= 0.3 is 5.97 Å². The van der Waals surface area contributed by atoms with Crippen molar-refractivity contribution < 1.29 is 19.1 Å². The molecule has 0 radical (unpaired) electrons. The summed E-state index contributed by atoms with van der Waals surface area (Å²) in [7, 11) is 1.26. The molecule has 32 heavy (non-hydrogen) atoms. The van der Waals surface area contributed by atoms with Gasteiger partial charge in [0, 0.05) is 23.0 Å². The third-order valence-electron chi connectivity index (χ3n) is 5.88. The molecule has 0 aliphatic carbocycles. The topological polar surface area (TPSA) is 79.5 Å². The number of esters is 1. The van der Waals surface area contributed by atoms with E-state index in [0.29, 0.717) is 11.1 Å². The summed E-state index contributed by atoms with van der Waals surface area (Å²) in [6.45, 7) is 0. The number of benzene rings is 3.